The number of carbonyl (C=O) groups excluding carboxylic acids is 1. The van der Waals surface area contributed by atoms with Gasteiger partial charge in [-0.3, -0.25) is 0 Å². The van der Waals surface area contributed by atoms with Gasteiger partial charge < -0.3 is 4.74 Å². The first-order valence-corrected chi connectivity index (χ1v) is 16.9. The number of benzene rings is 4. The van der Waals surface area contributed by atoms with Crippen molar-refractivity contribution >= 4 is 17.1 Å². The van der Waals surface area contributed by atoms with Gasteiger partial charge in [-0.2, -0.15) is 0 Å². The minimum Gasteiger partial charge on any atom is -0.462 e. The zero-order valence-corrected chi connectivity index (χ0v) is 28.5. The van der Waals surface area contributed by atoms with Crippen LogP contribution in [-0.4, -0.2) is 19.2 Å². The summed E-state index contributed by atoms with van der Waals surface area (Å²) in [5, 5.41) is 9.66. The monoisotopic (exact) mass is 659 g/mol. The number of fused-ring (bicyclic) bond motifs is 6. The summed E-state index contributed by atoms with van der Waals surface area (Å²) in [4.78, 5) is 32.3. The van der Waals surface area contributed by atoms with Crippen LogP contribution in [0.1, 0.15) is 78.2 Å². The number of carbonyl (C=O) groups is 1. The Balaban J connectivity index is 1.08. The fourth-order valence-electron chi connectivity index (χ4n) is 7.13. The summed E-state index contributed by atoms with van der Waals surface area (Å²) < 4.78 is 5.93. The first-order chi connectivity index (χ1) is 24.4. The van der Waals surface area contributed by atoms with Crippen molar-refractivity contribution in [3.63, 3.8) is 0 Å². The van der Waals surface area contributed by atoms with Crippen LogP contribution in [0, 0.1) is 36.3 Å². The molecule has 0 bridgehead atoms. The van der Waals surface area contributed by atoms with Crippen LogP contribution in [0.3, 0.4) is 0 Å². The van der Waals surface area contributed by atoms with E-state index in [0.717, 1.165) is 63.8 Å². The predicted molar refractivity (Wildman–Crippen MR) is 193 cm³/mol. The Morgan fingerprint density at radius 3 is 1.94 bits per heavy atom. The summed E-state index contributed by atoms with van der Waals surface area (Å²) in [5.74, 6) is -0.0914. The average Bonchev–Trinajstić information content (AvgIpc) is 3.68. The van der Waals surface area contributed by atoms with Crippen LogP contribution in [0.25, 0.3) is 43.1 Å². The van der Waals surface area contributed by atoms with E-state index in [0.29, 0.717) is 34.6 Å². The maximum absolute atomic E-state index is 13.6. The second-order valence-electron chi connectivity index (χ2n) is 12.6. The van der Waals surface area contributed by atoms with Gasteiger partial charge in [-0.15, -0.1) is 0 Å². The minimum atomic E-state index is -0.424. The van der Waals surface area contributed by atoms with Crippen molar-refractivity contribution in [2.45, 2.75) is 46.6 Å². The molecule has 7 nitrogen and oxygen atoms in total. The van der Waals surface area contributed by atoms with E-state index in [1.54, 1.807) is 12.1 Å². The molecule has 4 aromatic rings. The van der Waals surface area contributed by atoms with Gasteiger partial charge in [0.05, 0.1) is 38.0 Å². The molecular weight excluding hydrogens is 622 g/mol. The van der Waals surface area contributed by atoms with Gasteiger partial charge in [0.25, 0.3) is 5.70 Å². The SMILES string of the molecule is [C-]#[N+]/C(C)=C1/c2ccccc2-c2c(COOCC(CC)CC(CC)COC(=O)c3cccc4c3-c3ccccc3/C4=C(/C#N)[N+]#[C-])cccc21. The van der Waals surface area contributed by atoms with Gasteiger partial charge in [0, 0.05) is 11.1 Å². The fraction of sp³-hybridized carbons (Fsp3) is 0.256. The Morgan fingerprint density at radius 2 is 1.30 bits per heavy atom. The van der Waals surface area contributed by atoms with Crippen LogP contribution in [0.4, 0.5) is 0 Å². The molecule has 0 saturated carbocycles. The summed E-state index contributed by atoms with van der Waals surface area (Å²) >= 11 is 0. The number of hydrogen-bond acceptors (Lipinski definition) is 5. The van der Waals surface area contributed by atoms with E-state index in [9.17, 15) is 10.1 Å². The summed E-state index contributed by atoms with van der Waals surface area (Å²) in [6.45, 7) is 22.2. The van der Waals surface area contributed by atoms with Gasteiger partial charge in [-0.25, -0.2) is 29.5 Å². The van der Waals surface area contributed by atoms with Crippen LogP contribution in [0.2, 0.25) is 0 Å². The van der Waals surface area contributed by atoms with Crippen molar-refractivity contribution in [1.29, 1.82) is 5.26 Å². The molecule has 248 valence electrons. The van der Waals surface area contributed by atoms with E-state index in [1.807, 2.05) is 67.6 Å². The van der Waals surface area contributed by atoms with E-state index < -0.39 is 5.97 Å². The smallest absolute Gasteiger partial charge is 0.338 e. The minimum absolute atomic E-state index is 0.000521. The highest BCUT2D eigenvalue weighted by atomic mass is 17.2. The molecule has 0 spiro atoms. The Hall–Kier alpha value is -5.78. The van der Waals surface area contributed by atoms with Gasteiger partial charge in [0.1, 0.15) is 6.61 Å². The van der Waals surface area contributed by atoms with Crippen molar-refractivity contribution < 1.29 is 19.3 Å². The van der Waals surface area contributed by atoms with Crippen molar-refractivity contribution in [2.75, 3.05) is 13.2 Å². The van der Waals surface area contributed by atoms with E-state index in [-0.39, 0.29) is 30.7 Å². The Labute approximate surface area is 293 Å². The second-order valence-corrected chi connectivity index (χ2v) is 12.6. The molecule has 2 atom stereocenters. The highest BCUT2D eigenvalue weighted by Gasteiger charge is 2.31. The maximum Gasteiger partial charge on any atom is 0.338 e. The number of allylic oxidation sites excluding steroid dienone is 2. The molecule has 0 saturated heterocycles. The summed E-state index contributed by atoms with van der Waals surface area (Å²) in [7, 11) is 0. The molecule has 0 aromatic heterocycles. The lowest BCUT2D eigenvalue weighted by Crippen LogP contribution is -2.20. The predicted octanol–water partition coefficient (Wildman–Crippen LogP) is 10.3. The highest BCUT2D eigenvalue weighted by molar-refractivity contribution is 6.10. The molecular formula is C43H37N3O4. The lowest BCUT2D eigenvalue weighted by molar-refractivity contribution is -0.311. The third kappa shape index (κ3) is 6.36. The van der Waals surface area contributed by atoms with Crippen LogP contribution in [0.5, 0.6) is 0 Å². The van der Waals surface area contributed by atoms with Crippen LogP contribution in [-0.2, 0) is 21.1 Å². The van der Waals surface area contributed by atoms with Crippen molar-refractivity contribution in [3.05, 3.63) is 153 Å². The highest BCUT2D eigenvalue weighted by Crippen LogP contribution is 2.48. The van der Waals surface area contributed by atoms with Gasteiger partial charge in [-0.05, 0) is 81.3 Å². The number of rotatable bonds is 12. The fourth-order valence-corrected chi connectivity index (χ4v) is 7.13. The number of ether oxygens (including phenoxy) is 1. The summed E-state index contributed by atoms with van der Waals surface area (Å²) in [6, 6.07) is 29.2. The number of nitrogens with zero attached hydrogens (tertiary/aromatic N) is 3. The lowest BCUT2D eigenvalue weighted by Gasteiger charge is -2.21. The van der Waals surface area contributed by atoms with E-state index in [1.165, 1.54) is 0 Å². The van der Waals surface area contributed by atoms with Gasteiger partial charge in [-0.1, -0.05) is 106 Å². The number of hydrogen-bond donors (Lipinski definition) is 0. The van der Waals surface area contributed by atoms with Crippen molar-refractivity contribution in [3.8, 4) is 28.3 Å². The third-order valence-corrected chi connectivity index (χ3v) is 9.76. The average molecular weight is 660 g/mol. The zero-order valence-electron chi connectivity index (χ0n) is 28.5. The molecule has 2 aliphatic carbocycles. The van der Waals surface area contributed by atoms with Gasteiger partial charge >= 0.3 is 5.97 Å². The molecule has 50 heavy (non-hydrogen) atoms. The molecule has 0 N–H and O–H groups in total. The molecule has 6 rings (SSSR count). The summed E-state index contributed by atoms with van der Waals surface area (Å²) in [5.41, 5.74) is 10.9. The largest absolute Gasteiger partial charge is 0.462 e. The zero-order chi connectivity index (χ0) is 35.2. The Kier molecular flexibility index (Phi) is 10.4. The standard InChI is InChI=1S/C43H37N3O4/c1-6-28(24-48-43(47)37-21-13-20-36-41(37)33-17-10-11-18-34(33)42(36)38(23-44)46-5)22-29(7-2)25-49-50-26-30-14-12-19-35-39(27(3)45-4)31-15-8-9-16-32(31)40(30)35/h8-21,28-29H,6-7,22,24-26H2,1-3H3/b39-27-,42-38+. The second kappa shape index (κ2) is 15.2. The molecule has 2 aliphatic rings. The molecule has 0 radical (unpaired) electrons. The molecule has 7 heteroatoms. The molecule has 0 fully saturated rings. The van der Waals surface area contributed by atoms with Gasteiger partial charge in [0.2, 0.25) is 0 Å². The van der Waals surface area contributed by atoms with E-state index >= 15 is 0 Å². The topological polar surface area (TPSA) is 77.3 Å². The van der Waals surface area contributed by atoms with Crippen LogP contribution < -0.4 is 0 Å². The Morgan fingerprint density at radius 1 is 0.720 bits per heavy atom. The maximum atomic E-state index is 13.6. The molecule has 4 aromatic carbocycles. The van der Waals surface area contributed by atoms with Crippen LogP contribution in [0.15, 0.2) is 96.3 Å². The van der Waals surface area contributed by atoms with Crippen molar-refractivity contribution in [2.24, 2.45) is 11.8 Å². The lowest BCUT2D eigenvalue weighted by atomic mass is 9.92. The molecule has 2 unspecified atom stereocenters. The molecule has 0 amide bonds. The van der Waals surface area contributed by atoms with E-state index in [2.05, 4.69) is 41.7 Å². The normalized spacial score (nSPS) is 15.3. The molecule has 0 heterocycles. The van der Waals surface area contributed by atoms with E-state index in [4.69, 9.17) is 27.7 Å². The third-order valence-electron chi connectivity index (χ3n) is 9.76. The quantitative estimate of drug-likeness (QED) is 0.0326. The van der Waals surface area contributed by atoms with Crippen LogP contribution >= 0.6 is 0 Å². The van der Waals surface area contributed by atoms with Gasteiger partial charge in [0.15, 0.2) is 5.70 Å². The number of esters is 1. The Bertz CT molecular complexity index is 2140. The number of nitriles is 1. The molecule has 0 aliphatic heterocycles. The summed E-state index contributed by atoms with van der Waals surface area (Å²) in [6.07, 6.45) is 2.52. The first-order valence-electron chi connectivity index (χ1n) is 16.9. The first kappa shape index (κ1) is 34.1. The van der Waals surface area contributed by atoms with Crippen molar-refractivity contribution in [1.82, 2.24) is 0 Å².